The maximum absolute atomic E-state index is 12.1. The van der Waals surface area contributed by atoms with Crippen molar-refractivity contribution in [2.24, 2.45) is 0 Å². The molecule has 1 aromatic rings. The summed E-state index contributed by atoms with van der Waals surface area (Å²) < 4.78 is 11.1. The monoisotopic (exact) mass is 318 g/mol. The Morgan fingerprint density at radius 2 is 1.87 bits per heavy atom. The zero-order valence-electron chi connectivity index (χ0n) is 14.9. The summed E-state index contributed by atoms with van der Waals surface area (Å²) >= 11 is 0. The van der Waals surface area contributed by atoms with Gasteiger partial charge >= 0.3 is 5.97 Å². The SMILES string of the molecule is CCCCCC(CC)OC(=O)C(C)OC=C(C)c1ccccc1. The van der Waals surface area contributed by atoms with Crippen LogP contribution >= 0.6 is 0 Å². The molecule has 128 valence electrons. The maximum atomic E-state index is 12.1. The molecule has 0 fully saturated rings. The average Bonchev–Trinajstić information content (AvgIpc) is 2.59. The minimum absolute atomic E-state index is 0.000648. The Hall–Kier alpha value is -1.77. The van der Waals surface area contributed by atoms with E-state index in [0.717, 1.165) is 30.4 Å². The van der Waals surface area contributed by atoms with E-state index in [2.05, 4.69) is 13.8 Å². The van der Waals surface area contributed by atoms with Gasteiger partial charge in [-0.1, -0.05) is 57.0 Å². The van der Waals surface area contributed by atoms with E-state index in [1.807, 2.05) is 37.3 Å². The molecule has 0 radical (unpaired) electrons. The summed E-state index contributed by atoms with van der Waals surface area (Å²) in [6.07, 6.45) is 6.28. The van der Waals surface area contributed by atoms with E-state index in [9.17, 15) is 4.79 Å². The standard InChI is InChI=1S/C20H30O3/c1-5-7-9-14-19(6-2)23-20(21)17(4)22-15-16(3)18-12-10-8-11-13-18/h8,10-13,15,17,19H,5-7,9,14H2,1-4H3. The van der Waals surface area contributed by atoms with E-state index in [1.54, 1.807) is 13.2 Å². The number of hydrogen-bond acceptors (Lipinski definition) is 3. The number of esters is 1. The lowest BCUT2D eigenvalue weighted by molar-refractivity contribution is -0.159. The first-order chi connectivity index (χ1) is 11.1. The molecule has 3 heteroatoms. The Morgan fingerprint density at radius 3 is 2.48 bits per heavy atom. The van der Waals surface area contributed by atoms with Gasteiger partial charge in [0, 0.05) is 0 Å². The molecule has 0 aliphatic carbocycles. The number of benzene rings is 1. The average molecular weight is 318 g/mol. The van der Waals surface area contributed by atoms with Crippen molar-refractivity contribution >= 4 is 11.5 Å². The molecular weight excluding hydrogens is 288 g/mol. The van der Waals surface area contributed by atoms with Crippen molar-refractivity contribution in [3.05, 3.63) is 42.2 Å². The van der Waals surface area contributed by atoms with Gasteiger partial charge in [0.25, 0.3) is 0 Å². The van der Waals surface area contributed by atoms with E-state index in [-0.39, 0.29) is 12.1 Å². The van der Waals surface area contributed by atoms with Gasteiger partial charge in [-0.05, 0) is 44.2 Å². The first kappa shape index (κ1) is 19.3. The molecule has 1 aromatic carbocycles. The van der Waals surface area contributed by atoms with Crippen molar-refractivity contribution < 1.29 is 14.3 Å². The summed E-state index contributed by atoms with van der Waals surface area (Å²) in [5.74, 6) is -0.287. The van der Waals surface area contributed by atoms with Crippen LogP contribution in [0.25, 0.3) is 5.57 Å². The number of hydrogen-bond donors (Lipinski definition) is 0. The summed E-state index contributed by atoms with van der Waals surface area (Å²) in [5, 5.41) is 0. The van der Waals surface area contributed by atoms with Crippen LogP contribution < -0.4 is 0 Å². The van der Waals surface area contributed by atoms with Crippen LogP contribution in [0.1, 0.15) is 65.4 Å². The summed E-state index contributed by atoms with van der Waals surface area (Å²) in [5.41, 5.74) is 2.07. The normalized spacial score (nSPS) is 14.2. The molecule has 0 bridgehead atoms. The molecule has 0 aromatic heterocycles. The van der Waals surface area contributed by atoms with Crippen LogP contribution in [0.5, 0.6) is 0 Å². The first-order valence-electron chi connectivity index (χ1n) is 8.66. The van der Waals surface area contributed by atoms with Crippen LogP contribution in [-0.4, -0.2) is 18.2 Å². The second kappa shape index (κ2) is 10.9. The Morgan fingerprint density at radius 1 is 1.17 bits per heavy atom. The van der Waals surface area contributed by atoms with E-state index in [1.165, 1.54) is 12.8 Å². The lowest BCUT2D eigenvalue weighted by Crippen LogP contribution is -2.27. The molecule has 23 heavy (non-hydrogen) atoms. The molecule has 1 rings (SSSR count). The van der Waals surface area contributed by atoms with Crippen molar-refractivity contribution in [1.29, 1.82) is 0 Å². The number of ether oxygens (including phenoxy) is 2. The molecule has 0 aliphatic rings. The van der Waals surface area contributed by atoms with Crippen LogP contribution in [0.4, 0.5) is 0 Å². The topological polar surface area (TPSA) is 35.5 Å². The zero-order chi connectivity index (χ0) is 17.1. The fourth-order valence-corrected chi connectivity index (χ4v) is 2.26. The van der Waals surface area contributed by atoms with Gasteiger partial charge < -0.3 is 9.47 Å². The summed E-state index contributed by atoms with van der Waals surface area (Å²) in [7, 11) is 0. The Bertz CT molecular complexity index is 479. The number of rotatable bonds is 10. The number of allylic oxidation sites excluding steroid dienone is 1. The molecular formula is C20H30O3. The van der Waals surface area contributed by atoms with Crippen molar-refractivity contribution in [2.45, 2.75) is 72.0 Å². The fraction of sp³-hybridized carbons (Fsp3) is 0.550. The Kier molecular flexibility index (Phi) is 9.11. The highest BCUT2D eigenvalue weighted by atomic mass is 16.6. The quantitative estimate of drug-likeness (QED) is 0.331. The smallest absolute Gasteiger partial charge is 0.347 e. The Labute approximate surface area is 140 Å². The van der Waals surface area contributed by atoms with Gasteiger partial charge in [0.2, 0.25) is 0 Å². The summed E-state index contributed by atoms with van der Waals surface area (Å²) in [6, 6.07) is 9.96. The molecule has 0 heterocycles. The fourth-order valence-electron chi connectivity index (χ4n) is 2.26. The molecule has 0 saturated heterocycles. The van der Waals surface area contributed by atoms with Gasteiger partial charge in [0.05, 0.1) is 6.26 Å². The highest BCUT2D eigenvalue weighted by Gasteiger charge is 2.19. The highest BCUT2D eigenvalue weighted by molar-refractivity contribution is 5.74. The molecule has 0 saturated carbocycles. The largest absolute Gasteiger partial charge is 0.486 e. The molecule has 0 N–H and O–H groups in total. The van der Waals surface area contributed by atoms with Crippen molar-refractivity contribution in [3.63, 3.8) is 0 Å². The summed E-state index contributed by atoms with van der Waals surface area (Å²) in [6.45, 7) is 7.92. The third-order valence-electron chi connectivity index (χ3n) is 3.88. The van der Waals surface area contributed by atoms with Crippen molar-refractivity contribution in [2.75, 3.05) is 0 Å². The molecule has 3 nitrogen and oxygen atoms in total. The van der Waals surface area contributed by atoms with Crippen LogP contribution in [0.2, 0.25) is 0 Å². The van der Waals surface area contributed by atoms with Gasteiger partial charge in [-0.3, -0.25) is 0 Å². The van der Waals surface area contributed by atoms with Gasteiger partial charge in [-0.2, -0.15) is 0 Å². The number of carbonyl (C=O) groups is 1. The van der Waals surface area contributed by atoms with Crippen LogP contribution in [0.15, 0.2) is 36.6 Å². The lowest BCUT2D eigenvalue weighted by Gasteiger charge is -2.19. The van der Waals surface area contributed by atoms with E-state index in [0.29, 0.717) is 0 Å². The molecule has 0 aliphatic heterocycles. The molecule has 0 amide bonds. The van der Waals surface area contributed by atoms with Gasteiger partial charge in [-0.25, -0.2) is 4.79 Å². The molecule has 2 atom stereocenters. The van der Waals surface area contributed by atoms with Crippen LogP contribution in [0.3, 0.4) is 0 Å². The third-order valence-corrected chi connectivity index (χ3v) is 3.88. The minimum atomic E-state index is -0.589. The first-order valence-corrected chi connectivity index (χ1v) is 8.66. The number of unbranched alkanes of at least 4 members (excludes halogenated alkanes) is 2. The lowest BCUT2D eigenvalue weighted by atomic mass is 10.1. The van der Waals surface area contributed by atoms with E-state index < -0.39 is 6.10 Å². The zero-order valence-corrected chi connectivity index (χ0v) is 14.9. The predicted molar refractivity (Wildman–Crippen MR) is 95.0 cm³/mol. The van der Waals surface area contributed by atoms with E-state index in [4.69, 9.17) is 9.47 Å². The van der Waals surface area contributed by atoms with Gasteiger partial charge in [0.1, 0.15) is 6.10 Å². The van der Waals surface area contributed by atoms with Crippen molar-refractivity contribution in [1.82, 2.24) is 0 Å². The van der Waals surface area contributed by atoms with Gasteiger partial charge in [-0.15, -0.1) is 0 Å². The predicted octanol–water partition coefficient (Wildman–Crippen LogP) is 5.35. The third kappa shape index (κ3) is 7.36. The summed E-state index contributed by atoms with van der Waals surface area (Å²) in [4.78, 5) is 12.1. The highest BCUT2D eigenvalue weighted by Crippen LogP contribution is 2.15. The van der Waals surface area contributed by atoms with Crippen molar-refractivity contribution in [3.8, 4) is 0 Å². The molecule has 2 unspecified atom stereocenters. The number of carbonyl (C=O) groups excluding carboxylic acids is 1. The van der Waals surface area contributed by atoms with Crippen LogP contribution in [-0.2, 0) is 14.3 Å². The Balaban J connectivity index is 2.46. The minimum Gasteiger partial charge on any atom is -0.486 e. The second-order valence-electron chi connectivity index (χ2n) is 5.91. The van der Waals surface area contributed by atoms with Gasteiger partial charge in [0.15, 0.2) is 6.10 Å². The molecule has 0 spiro atoms. The second-order valence-corrected chi connectivity index (χ2v) is 5.91. The maximum Gasteiger partial charge on any atom is 0.347 e. The van der Waals surface area contributed by atoms with E-state index >= 15 is 0 Å². The van der Waals surface area contributed by atoms with Crippen LogP contribution in [0, 0.1) is 0 Å².